The fourth-order valence-corrected chi connectivity index (χ4v) is 6.43. The van der Waals surface area contributed by atoms with Crippen molar-refractivity contribution < 1.29 is 9.59 Å². The molecule has 44 heavy (non-hydrogen) atoms. The number of halogens is 2. The highest BCUT2D eigenvalue weighted by Gasteiger charge is 2.28. The molecule has 2 atom stereocenters. The van der Waals surface area contributed by atoms with E-state index in [1.54, 1.807) is 12.1 Å². The van der Waals surface area contributed by atoms with Crippen molar-refractivity contribution in [3.8, 4) is 0 Å². The number of rotatable bonds is 8. The number of nitrogens with two attached hydrogens (primary N) is 1. The summed E-state index contributed by atoms with van der Waals surface area (Å²) in [5, 5.41) is 10.0. The van der Waals surface area contributed by atoms with Crippen LogP contribution in [-0.2, 0) is 0 Å². The number of carbonyl (C=O) groups is 2. The van der Waals surface area contributed by atoms with Crippen LogP contribution in [0.5, 0.6) is 0 Å². The standard InChI is InChI=1S/C35H31Br2N5O2/c1-3-27(41-34(43)25-9-5-7-21-15-19-11-13-23(36)17-29(19)39-32(21)25)31(38)28(4-2)42-35(44)26-10-6-8-22-16-20-12-14-24(37)18-30(20)40-33(22)26/h5-18,27-28,31H,3-4,38H2,1-2H3,(H,41,43)(H,42,44). The lowest BCUT2D eigenvalue weighted by molar-refractivity contribution is 0.0909. The highest BCUT2D eigenvalue weighted by atomic mass is 79.9. The molecule has 2 heterocycles. The molecule has 0 saturated heterocycles. The molecule has 0 aliphatic heterocycles. The Kier molecular flexibility index (Phi) is 8.62. The van der Waals surface area contributed by atoms with E-state index in [1.807, 2.05) is 86.6 Å². The lowest BCUT2D eigenvalue weighted by Crippen LogP contribution is -2.58. The van der Waals surface area contributed by atoms with E-state index < -0.39 is 6.04 Å². The number of nitrogens with zero attached hydrogens (tertiary/aromatic N) is 2. The van der Waals surface area contributed by atoms with E-state index in [0.29, 0.717) is 35.0 Å². The smallest absolute Gasteiger partial charge is 0.253 e. The first-order chi connectivity index (χ1) is 21.2. The summed E-state index contributed by atoms with van der Waals surface area (Å²) in [5.74, 6) is -0.505. The number of benzene rings is 4. The van der Waals surface area contributed by atoms with Gasteiger partial charge in [-0.25, -0.2) is 9.97 Å². The Balaban J connectivity index is 1.24. The van der Waals surface area contributed by atoms with Crippen LogP contribution in [0.15, 0.2) is 93.9 Å². The van der Waals surface area contributed by atoms with Crippen molar-refractivity contribution in [3.63, 3.8) is 0 Å². The van der Waals surface area contributed by atoms with Gasteiger partial charge in [-0.2, -0.15) is 0 Å². The van der Waals surface area contributed by atoms with Crippen LogP contribution >= 0.6 is 31.9 Å². The number of carbonyl (C=O) groups excluding carboxylic acids is 2. The average molecular weight is 713 g/mol. The Morgan fingerprint density at radius 2 is 1.09 bits per heavy atom. The maximum absolute atomic E-state index is 13.7. The molecular weight excluding hydrogens is 682 g/mol. The molecule has 0 spiro atoms. The number of amides is 2. The first-order valence-electron chi connectivity index (χ1n) is 14.6. The summed E-state index contributed by atoms with van der Waals surface area (Å²) in [4.78, 5) is 37.0. The Morgan fingerprint density at radius 3 is 1.50 bits per heavy atom. The first-order valence-corrected chi connectivity index (χ1v) is 16.2. The van der Waals surface area contributed by atoms with Crippen molar-refractivity contribution in [1.29, 1.82) is 0 Å². The second-order valence-corrected chi connectivity index (χ2v) is 12.8. The summed E-state index contributed by atoms with van der Waals surface area (Å²) in [6, 6.07) is 25.8. The molecule has 2 aromatic heterocycles. The minimum absolute atomic E-state index is 0.253. The van der Waals surface area contributed by atoms with E-state index in [0.717, 1.165) is 41.5 Å². The molecule has 222 valence electrons. The average Bonchev–Trinajstić information content (AvgIpc) is 3.03. The molecular formula is C35H31Br2N5O2. The second-order valence-electron chi connectivity index (χ2n) is 11.0. The number of pyridine rings is 2. The van der Waals surface area contributed by atoms with Crippen molar-refractivity contribution in [2.24, 2.45) is 5.73 Å². The molecule has 0 aliphatic carbocycles. The lowest BCUT2D eigenvalue weighted by atomic mass is 9.95. The highest BCUT2D eigenvalue weighted by molar-refractivity contribution is 9.10. The SMILES string of the molecule is CCC(NC(=O)c1cccc2cc3ccc(Br)cc3nc12)C(N)C(CC)NC(=O)c1cccc2cc3ccc(Br)cc3nc12. The fourth-order valence-electron chi connectivity index (χ4n) is 5.73. The Hall–Kier alpha value is -3.92. The molecule has 7 nitrogen and oxygen atoms in total. The quantitative estimate of drug-likeness (QED) is 0.140. The summed E-state index contributed by atoms with van der Waals surface area (Å²) < 4.78 is 1.84. The van der Waals surface area contributed by atoms with Gasteiger partial charge in [0, 0.05) is 48.6 Å². The lowest BCUT2D eigenvalue weighted by Gasteiger charge is -2.31. The number of para-hydroxylation sites is 2. The van der Waals surface area contributed by atoms with Crippen molar-refractivity contribution in [3.05, 3.63) is 105 Å². The first kappa shape index (κ1) is 30.1. The van der Waals surface area contributed by atoms with Gasteiger partial charge in [-0.15, -0.1) is 0 Å². The molecule has 0 radical (unpaired) electrons. The topological polar surface area (TPSA) is 110 Å². The minimum atomic E-state index is -0.530. The van der Waals surface area contributed by atoms with Crippen LogP contribution in [0, 0.1) is 0 Å². The number of hydrogen-bond acceptors (Lipinski definition) is 5. The molecule has 2 unspecified atom stereocenters. The molecule has 2 amide bonds. The molecule has 6 rings (SSSR count). The van der Waals surface area contributed by atoms with E-state index >= 15 is 0 Å². The van der Waals surface area contributed by atoms with E-state index in [9.17, 15) is 9.59 Å². The predicted octanol–water partition coefficient (Wildman–Crippen LogP) is 7.66. The van der Waals surface area contributed by atoms with E-state index in [-0.39, 0.29) is 23.9 Å². The monoisotopic (exact) mass is 711 g/mol. The maximum Gasteiger partial charge on any atom is 0.253 e. The van der Waals surface area contributed by atoms with Gasteiger partial charge in [0.2, 0.25) is 0 Å². The maximum atomic E-state index is 13.7. The van der Waals surface area contributed by atoms with Crippen molar-refractivity contribution in [1.82, 2.24) is 20.6 Å². The van der Waals surface area contributed by atoms with Crippen LogP contribution in [0.25, 0.3) is 43.6 Å². The van der Waals surface area contributed by atoms with Gasteiger partial charge in [-0.05, 0) is 61.4 Å². The van der Waals surface area contributed by atoms with Crippen LogP contribution in [-0.4, -0.2) is 39.9 Å². The minimum Gasteiger partial charge on any atom is -0.348 e. The van der Waals surface area contributed by atoms with Gasteiger partial charge < -0.3 is 16.4 Å². The Labute approximate surface area is 271 Å². The van der Waals surface area contributed by atoms with Gasteiger partial charge in [-0.3, -0.25) is 9.59 Å². The summed E-state index contributed by atoms with van der Waals surface area (Å²) in [6.45, 7) is 3.95. The van der Waals surface area contributed by atoms with Crippen molar-refractivity contribution >= 4 is 87.3 Å². The highest BCUT2D eigenvalue weighted by Crippen LogP contribution is 2.27. The normalized spacial score (nSPS) is 13.7. The van der Waals surface area contributed by atoms with Gasteiger partial charge in [0.25, 0.3) is 11.8 Å². The van der Waals surface area contributed by atoms with Crippen molar-refractivity contribution in [2.75, 3.05) is 0 Å². The Morgan fingerprint density at radius 1 is 0.659 bits per heavy atom. The number of aromatic nitrogens is 2. The molecule has 0 saturated carbocycles. The van der Waals surface area contributed by atoms with Gasteiger partial charge in [0.1, 0.15) is 0 Å². The Bertz CT molecular complexity index is 1920. The summed E-state index contributed by atoms with van der Waals surface area (Å²) >= 11 is 7.02. The molecule has 9 heteroatoms. The number of hydrogen-bond donors (Lipinski definition) is 3. The summed E-state index contributed by atoms with van der Waals surface area (Å²) in [7, 11) is 0. The van der Waals surface area contributed by atoms with E-state index in [1.165, 1.54) is 0 Å². The van der Waals surface area contributed by atoms with Crippen LogP contribution in [0.1, 0.15) is 47.4 Å². The fraction of sp³-hybridized carbons (Fsp3) is 0.200. The van der Waals surface area contributed by atoms with Crippen LogP contribution < -0.4 is 16.4 Å². The zero-order chi connectivity index (χ0) is 31.0. The largest absolute Gasteiger partial charge is 0.348 e. The molecule has 4 aromatic carbocycles. The van der Waals surface area contributed by atoms with Crippen molar-refractivity contribution in [2.45, 2.75) is 44.8 Å². The van der Waals surface area contributed by atoms with Crippen LogP contribution in [0.4, 0.5) is 0 Å². The number of fused-ring (bicyclic) bond motifs is 4. The van der Waals surface area contributed by atoms with E-state index in [2.05, 4.69) is 42.5 Å². The number of nitrogens with one attached hydrogen (secondary N) is 2. The van der Waals surface area contributed by atoms with Gasteiger partial charge in [0.15, 0.2) is 0 Å². The van der Waals surface area contributed by atoms with Crippen LogP contribution in [0.2, 0.25) is 0 Å². The molecule has 0 fully saturated rings. The molecule has 0 bridgehead atoms. The van der Waals surface area contributed by atoms with Gasteiger partial charge in [-0.1, -0.05) is 82.1 Å². The third-order valence-corrected chi connectivity index (χ3v) is 9.12. The van der Waals surface area contributed by atoms with Crippen LogP contribution in [0.3, 0.4) is 0 Å². The summed E-state index contributed by atoms with van der Waals surface area (Å²) in [5.41, 5.74) is 10.6. The van der Waals surface area contributed by atoms with Gasteiger partial charge >= 0.3 is 0 Å². The zero-order valence-electron chi connectivity index (χ0n) is 24.3. The third-order valence-electron chi connectivity index (χ3n) is 8.14. The molecule has 0 aliphatic rings. The molecule has 4 N–H and O–H groups in total. The predicted molar refractivity (Wildman–Crippen MR) is 185 cm³/mol. The second kappa shape index (κ2) is 12.6. The van der Waals surface area contributed by atoms with E-state index in [4.69, 9.17) is 15.7 Å². The van der Waals surface area contributed by atoms with Gasteiger partial charge in [0.05, 0.1) is 33.2 Å². The zero-order valence-corrected chi connectivity index (χ0v) is 27.4. The third kappa shape index (κ3) is 5.92. The molecule has 6 aromatic rings. The summed E-state index contributed by atoms with van der Waals surface area (Å²) in [6.07, 6.45) is 1.17.